The van der Waals surface area contributed by atoms with Crippen molar-refractivity contribution in [2.75, 3.05) is 5.32 Å². The number of hydrogen-bond acceptors (Lipinski definition) is 3. The van der Waals surface area contributed by atoms with Gasteiger partial charge in [0.2, 0.25) is 5.91 Å². The van der Waals surface area contributed by atoms with Gasteiger partial charge in [0.15, 0.2) is 17.3 Å². The molecule has 0 atom stereocenters. The van der Waals surface area contributed by atoms with Gasteiger partial charge >= 0.3 is 5.97 Å². The lowest BCUT2D eigenvalue weighted by Gasteiger charge is -2.08. The molecule has 1 heterocycles. The predicted molar refractivity (Wildman–Crippen MR) is 69.9 cm³/mol. The summed E-state index contributed by atoms with van der Waals surface area (Å²) in [5.41, 5.74) is -0.453. The van der Waals surface area contributed by atoms with Gasteiger partial charge < -0.3 is 10.4 Å². The molecule has 0 aliphatic carbocycles. The molecule has 0 spiro atoms. The summed E-state index contributed by atoms with van der Waals surface area (Å²) in [6, 6.07) is 6.31. The van der Waals surface area contributed by atoms with Gasteiger partial charge in [0.1, 0.15) is 0 Å². The van der Waals surface area contributed by atoms with Crippen LogP contribution in [0.5, 0.6) is 0 Å². The number of halogens is 2. The van der Waals surface area contributed by atoms with Gasteiger partial charge in [0, 0.05) is 11.8 Å². The Balaban J connectivity index is 2.16. The average molecular weight is 292 g/mol. The monoisotopic (exact) mass is 292 g/mol. The van der Waals surface area contributed by atoms with Gasteiger partial charge in [-0.2, -0.15) is 0 Å². The average Bonchev–Trinajstić information content (AvgIpc) is 2.44. The second-order valence-electron chi connectivity index (χ2n) is 4.14. The highest BCUT2D eigenvalue weighted by Crippen LogP contribution is 2.15. The van der Waals surface area contributed by atoms with E-state index in [1.807, 2.05) is 0 Å². The van der Waals surface area contributed by atoms with Crippen LogP contribution in [0.15, 0.2) is 36.5 Å². The molecule has 1 aromatic heterocycles. The maximum absolute atomic E-state index is 13.4. The zero-order chi connectivity index (χ0) is 15.4. The van der Waals surface area contributed by atoms with Crippen LogP contribution >= 0.6 is 0 Å². The Bertz CT molecular complexity index is 704. The number of nitrogens with zero attached hydrogens (tertiary/aromatic N) is 1. The summed E-state index contributed by atoms with van der Waals surface area (Å²) in [5, 5.41) is 11.2. The highest BCUT2D eigenvalue weighted by Gasteiger charge is 2.15. The molecule has 0 saturated carbocycles. The van der Waals surface area contributed by atoms with Gasteiger partial charge in [-0.15, -0.1) is 0 Å². The molecule has 0 fully saturated rings. The highest BCUT2D eigenvalue weighted by atomic mass is 19.2. The number of carboxylic acids is 1. The van der Waals surface area contributed by atoms with Crippen molar-refractivity contribution in [3.05, 3.63) is 59.4 Å². The van der Waals surface area contributed by atoms with E-state index in [4.69, 9.17) is 5.11 Å². The van der Waals surface area contributed by atoms with E-state index in [2.05, 4.69) is 10.3 Å². The number of hydrogen-bond donors (Lipinski definition) is 2. The third-order valence-electron chi connectivity index (χ3n) is 2.67. The van der Waals surface area contributed by atoms with Gasteiger partial charge in [-0.25, -0.2) is 18.6 Å². The molecule has 0 saturated heterocycles. The van der Waals surface area contributed by atoms with Crippen molar-refractivity contribution in [3.63, 3.8) is 0 Å². The van der Waals surface area contributed by atoms with E-state index >= 15 is 0 Å². The summed E-state index contributed by atoms with van der Waals surface area (Å²) in [7, 11) is 0. The molecule has 1 aromatic carbocycles. The number of carbonyl (C=O) groups is 2. The van der Waals surface area contributed by atoms with Crippen LogP contribution in [0.1, 0.15) is 16.1 Å². The van der Waals surface area contributed by atoms with Crippen molar-refractivity contribution >= 4 is 17.6 Å². The van der Waals surface area contributed by atoms with Gasteiger partial charge in [0.05, 0.1) is 12.1 Å². The van der Waals surface area contributed by atoms with Gasteiger partial charge in [0.25, 0.3) is 0 Å². The molecule has 5 nitrogen and oxygen atoms in total. The van der Waals surface area contributed by atoms with Gasteiger partial charge in [-0.1, -0.05) is 12.1 Å². The fourth-order valence-electron chi connectivity index (χ4n) is 1.73. The lowest BCUT2D eigenvalue weighted by atomic mass is 10.1. The third kappa shape index (κ3) is 3.38. The minimum Gasteiger partial charge on any atom is -0.476 e. The van der Waals surface area contributed by atoms with E-state index in [-0.39, 0.29) is 16.9 Å². The van der Waals surface area contributed by atoms with Crippen molar-refractivity contribution in [2.24, 2.45) is 0 Å². The lowest BCUT2D eigenvalue weighted by molar-refractivity contribution is -0.115. The van der Waals surface area contributed by atoms with Crippen LogP contribution < -0.4 is 5.32 Å². The minimum absolute atomic E-state index is 0.00758. The number of carbonyl (C=O) groups excluding carboxylic acids is 1. The first-order valence-corrected chi connectivity index (χ1v) is 5.90. The molecule has 2 aromatic rings. The quantitative estimate of drug-likeness (QED) is 0.905. The first kappa shape index (κ1) is 14.6. The molecule has 0 radical (unpaired) electrons. The van der Waals surface area contributed by atoms with Crippen molar-refractivity contribution in [2.45, 2.75) is 6.42 Å². The fourth-order valence-corrected chi connectivity index (χ4v) is 1.73. The maximum Gasteiger partial charge on any atom is 0.356 e. The van der Waals surface area contributed by atoms with Gasteiger partial charge in [-0.3, -0.25) is 4.79 Å². The molecular formula is C14H10F2N2O3. The van der Waals surface area contributed by atoms with E-state index in [0.29, 0.717) is 0 Å². The van der Waals surface area contributed by atoms with E-state index in [1.165, 1.54) is 30.5 Å². The molecule has 21 heavy (non-hydrogen) atoms. The van der Waals surface area contributed by atoms with Crippen LogP contribution in [0.2, 0.25) is 0 Å². The Morgan fingerprint density at radius 1 is 1.19 bits per heavy atom. The molecule has 1 amide bonds. The van der Waals surface area contributed by atoms with Crippen molar-refractivity contribution in [1.82, 2.24) is 4.98 Å². The molecule has 108 valence electrons. The molecule has 0 aliphatic heterocycles. The number of pyridine rings is 1. The van der Waals surface area contributed by atoms with Crippen molar-refractivity contribution in [3.8, 4) is 0 Å². The summed E-state index contributed by atoms with van der Waals surface area (Å²) in [6.45, 7) is 0. The summed E-state index contributed by atoms with van der Waals surface area (Å²) in [4.78, 5) is 26.4. The highest BCUT2D eigenvalue weighted by molar-refractivity contribution is 5.99. The number of aromatic carboxylic acids is 1. The Morgan fingerprint density at radius 2 is 1.95 bits per heavy atom. The third-order valence-corrected chi connectivity index (χ3v) is 2.67. The van der Waals surface area contributed by atoms with E-state index in [9.17, 15) is 18.4 Å². The largest absolute Gasteiger partial charge is 0.476 e. The second kappa shape index (κ2) is 6.08. The summed E-state index contributed by atoms with van der Waals surface area (Å²) in [6.07, 6.45) is 0.850. The molecule has 2 rings (SSSR count). The first-order chi connectivity index (χ1) is 9.99. The number of amides is 1. The van der Waals surface area contributed by atoms with Crippen molar-refractivity contribution in [1.29, 1.82) is 0 Å². The Hall–Kier alpha value is -2.83. The maximum atomic E-state index is 13.4. The fraction of sp³-hybridized carbons (Fsp3) is 0.0714. The number of benzene rings is 1. The number of rotatable bonds is 4. The SMILES string of the molecule is O=C(Cc1cccc(F)c1F)Nc1cccnc1C(=O)O. The molecule has 0 aliphatic rings. The van der Waals surface area contributed by atoms with Crippen LogP contribution in [0, 0.1) is 11.6 Å². The van der Waals surface area contributed by atoms with Crippen LogP contribution in [0.25, 0.3) is 0 Å². The summed E-state index contributed by atoms with van der Waals surface area (Å²) in [5.74, 6) is -4.12. The van der Waals surface area contributed by atoms with E-state index < -0.39 is 29.9 Å². The standard InChI is InChI=1S/C14H10F2N2O3/c15-9-4-1-3-8(12(9)16)7-11(19)18-10-5-2-6-17-13(10)14(20)21/h1-6H,7H2,(H,18,19)(H,20,21). The van der Waals surface area contributed by atoms with Gasteiger partial charge in [-0.05, 0) is 18.2 Å². The number of carboxylic acid groups (broad SMARTS) is 1. The molecule has 0 unspecified atom stereocenters. The van der Waals surface area contributed by atoms with Crippen molar-refractivity contribution < 1.29 is 23.5 Å². The zero-order valence-electron chi connectivity index (χ0n) is 10.6. The predicted octanol–water partition coefficient (Wildman–Crippen LogP) is 2.24. The Kier molecular flexibility index (Phi) is 4.22. The Labute approximate surface area is 118 Å². The Morgan fingerprint density at radius 3 is 2.67 bits per heavy atom. The summed E-state index contributed by atoms with van der Waals surface area (Å²) >= 11 is 0. The zero-order valence-corrected chi connectivity index (χ0v) is 10.6. The molecule has 0 bridgehead atoms. The first-order valence-electron chi connectivity index (χ1n) is 5.90. The topological polar surface area (TPSA) is 79.3 Å². The smallest absolute Gasteiger partial charge is 0.356 e. The second-order valence-corrected chi connectivity index (χ2v) is 4.14. The molecule has 7 heteroatoms. The summed E-state index contributed by atoms with van der Waals surface area (Å²) < 4.78 is 26.5. The van der Waals surface area contributed by atoms with E-state index in [0.717, 1.165) is 6.07 Å². The lowest BCUT2D eigenvalue weighted by Crippen LogP contribution is -2.18. The normalized spacial score (nSPS) is 10.2. The number of nitrogens with one attached hydrogen (secondary N) is 1. The van der Waals surface area contributed by atoms with Crippen LogP contribution in [0.3, 0.4) is 0 Å². The molecular weight excluding hydrogens is 282 g/mol. The number of aromatic nitrogens is 1. The van der Waals surface area contributed by atoms with Crippen LogP contribution in [-0.4, -0.2) is 22.0 Å². The minimum atomic E-state index is -1.30. The van der Waals surface area contributed by atoms with Crippen LogP contribution in [-0.2, 0) is 11.2 Å². The van der Waals surface area contributed by atoms with Crippen LogP contribution in [0.4, 0.5) is 14.5 Å². The molecule has 2 N–H and O–H groups in total. The van der Waals surface area contributed by atoms with E-state index in [1.54, 1.807) is 0 Å². The number of anilines is 1.